The molecule has 5 nitrogen and oxygen atoms in total. The van der Waals surface area contributed by atoms with E-state index in [1.54, 1.807) is 13.8 Å². The van der Waals surface area contributed by atoms with Gasteiger partial charge in [0.25, 0.3) is 0 Å². The number of sulfone groups is 1. The molecule has 4 atom stereocenters. The molecule has 2 fully saturated rings. The van der Waals surface area contributed by atoms with Crippen LogP contribution in [0.2, 0.25) is 0 Å². The number of aliphatic hydroxyl groups is 1. The minimum atomic E-state index is -3.63. The Morgan fingerprint density at radius 1 is 1.30 bits per heavy atom. The third-order valence-electron chi connectivity index (χ3n) is 5.06. The zero-order valence-corrected chi connectivity index (χ0v) is 14.0. The lowest BCUT2D eigenvalue weighted by Crippen LogP contribution is -2.58. The van der Waals surface area contributed by atoms with Crippen molar-refractivity contribution in [2.45, 2.75) is 55.3 Å². The van der Waals surface area contributed by atoms with Crippen molar-refractivity contribution in [3.8, 4) is 0 Å². The highest BCUT2D eigenvalue weighted by molar-refractivity contribution is 7.91. The van der Waals surface area contributed by atoms with E-state index in [9.17, 15) is 17.9 Å². The van der Waals surface area contributed by atoms with Gasteiger partial charge in [-0.05, 0) is 63.3 Å². The highest BCUT2D eigenvalue weighted by Crippen LogP contribution is 2.45. The summed E-state index contributed by atoms with van der Waals surface area (Å²) in [7, 11) is -3.63. The molecule has 1 aromatic rings. The van der Waals surface area contributed by atoms with Crippen LogP contribution in [-0.4, -0.2) is 36.6 Å². The second-order valence-corrected chi connectivity index (χ2v) is 9.01. The summed E-state index contributed by atoms with van der Waals surface area (Å²) in [4.78, 5) is 10.8. The molecule has 0 aromatic heterocycles. The Hall–Kier alpha value is -1.02. The molecule has 1 heterocycles. The average molecular weight is 344 g/mol. The third kappa shape index (κ3) is 3.15. The van der Waals surface area contributed by atoms with Gasteiger partial charge in [0, 0.05) is 0 Å². The summed E-state index contributed by atoms with van der Waals surface area (Å²) in [5.41, 5.74) is -1.94. The molecule has 0 amide bonds. The second kappa shape index (κ2) is 5.51. The van der Waals surface area contributed by atoms with Crippen LogP contribution in [0.4, 0.5) is 4.39 Å². The smallest absolute Gasteiger partial charge is 0.181 e. The van der Waals surface area contributed by atoms with Crippen LogP contribution in [0.3, 0.4) is 0 Å². The molecular formula is C16H21FO5S. The van der Waals surface area contributed by atoms with Gasteiger partial charge in [-0.25, -0.2) is 22.6 Å². The zero-order chi connectivity index (χ0) is 16.9. The van der Waals surface area contributed by atoms with Crippen LogP contribution < -0.4 is 0 Å². The maximum Gasteiger partial charge on any atom is 0.181 e. The van der Waals surface area contributed by atoms with Crippen LogP contribution in [0.15, 0.2) is 29.2 Å². The first-order chi connectivity index (χ1) is 10.6. The predicted octanol–water partition coefficient (Wildman–Crippen LogP) is 2.24. The Morgan fingerprint density at radius 3 is 2.61 bits per heavy atom. The molecule has 2 bridgehead atoms. The number of rotatable bonds is 3. The van der Waals surface area contributed by atoms with E-state index < -0.39 is 33.0 Å². The van der Waals surface area contributed by atoms with Crippen LogP contribution in [0.25, 0.3) is 0 Å². The summed E-state index contributed by atoms with van der Waals surface area (Å²) < 4.78 is 38.2. The Morgan fingerprint density at radius 2 is 1.96 bits per heavy atom. The van der Waals surface area contributed by atoms with Crippen molar-refractivity contribution in [1.29, 1.82) is 0 Å². The molecule has 3 rings (SSSR count). The zero-order valence-electron chi connectivity index (χ0n) is 13.2. The molecule has 0 spiro atoms. The summed E-state index contributed by atoms with van der Waals surface area (Å²) in [5.74, 6) is -0.744. The van der Waals surface area contributed by atoms with Crippen molar-refractivity contribution in [2.75, 3.05) is 5.75 Å². The highest BCUT2D eigenvalue weighted by Gasteiger charge is 2.53. The van der Waals surface area contributed by atoms with Gasteiger partial charge in [-0.15, -0.1) is 0 Å². The number of benzene rings is 1. The number of hydrogen-bond donors (Lipinski definition) is 1. The van der Waals surface area contributed by atoms with E-state index >= 15 is 0 Å². The first-order valence-corrected chi connectivity index (χ1v) is 9.33. The van der Waals surface area contributed by atoms with E-state index in [4.69, 9.17) is 9.78 Å². The molecule has 128 valence electrons. The standard InChI is InChI=1S/C16H21FO5S/c1-15(18)8-7-11-9-14(15)21-22-16(11,2)10-23(19,20)13-5-3-12(17)4-6-13/h3-6,11,14,18H,7-10H2,1-2H3/t11?,14?,15?,16-/m1/s1. The van der Waals surface area contributed by atoms with E-state index in [1.807, 2.05) is 0 Å². The SMILES string of the molecule is CC1(O)CCC2CC1OO[C@]2(C)CS(=O)(=O)c1ccc(F)cc1. The summed E-state index contributed by atoms with van der Waals surface area (Å²) >= 11 is 0. The molecule has 23 heavy (non-hydrogen) atoms. The van der Waals surface area contributed by atoms with Gasteiger partial charge in [0.15, 0.2) is 9.84 Å². The minimum absolute atomic E-state index is 0.0169. The molecule has 1 saturated carbocycles. The lowest BCUT2D eigenvalue weighted by molar-refractivity contribution is -0.441. The molecule has 1 saturated heterocycles. The molecule has 1 aliphatic carbocycles. The molecule has 1 aromatic carbocycles. The lowest BCUT2D eigenvalue weighted by Gasteiger charge is -2.50. The van der Waals surface area contributed by atoms with E-state index in [0.29, 0.717) is 19.3 Å². The van der Waals surface area contributed by atoms with Crippen LogP contribution in [0.5, 0.6) is 0 Å². The van der Waals surface area contributed by atoms with Crippen molar-refractivity contribution in [3.05, 3.63) is 30.1 Å². The van der Waals surface area contributed by atoms with Crippen LogP contribution in [0, 0.1) is 11.7 Å². The molecule has 0 radical (unpaired) electrons. The van der Waals surface area contributed by atoms with Gasteiger partial charge >= 0.3 is 0 Å². The van der Waals surface area contributed by atoms with Crippen LogP contribution >= 0.6 is 0 Å². The van der Waals surface area contributed by atoms with E-state index in [2.05, 4.69) is 0 Å². The maximum absolute atomic E-state index is 13.0. The monoisotopic (exact) mass is 344 g/mol. The summed E-state index contributed by atoms with van der Waals surface area (Å²) in [6.07, 6.45) is 1.32. The lowest BCUT2D eigenvalue weighted by atomic mass is 9.71. The van der Waals surface area contributed by atoms with Gasteiger partial charge in [0.2, 0.25) is 0 Å². The quantitative estimate of drug-likeness (QED) is 0.672. The Balaban J connectivity index is 1.81. The Bertz CT molecular complexity index is 685. The van der Waals surface area contributed by atoms with Gasteiger partial charge in [-0.2, -0.15) is 0 Å². The topological polar surface area (TPSA) is 72.8 Å². The second-order valence-electron chi connectivity index (χ2n) is 7.02. The van der Waals surface area contributed by atoms with Crippen molar-refractivity contribution >= 4 is 9.84 Å². The first kappa shape index (κ1) is 16.8. The molecule has 2 aliphatic rings. The van der Waals surface area contributed by atoms with Gasteiger partial charge in [0.05, 0.1) is 16.2 Å². The number of hydrogen-bond acceptors (Lipinski definition) is 5. The Labute approximate surface area is 135 Å². The summed E-state index contributed by atoms with van der Waals surface area (Å²) in [6.45, 7) is 3.42. The summed E-state index contributed by atoms with van der Waals surface area (Å²) in [5, 5.41) is 10.2. The third-order valence-corrected chi connectivity index (χ3v) is 7.00. The van der Waals surface area contributed by atoms with Gasteiger partial charge < -0.3 is 5.11 Å². The predicted molar refractivity (Wildman–Crippen MR) is 80.8 cm³/mol. The van der Waals surface area contributed by atoms with Crippen LogP contribution in [-0.2, 0) is 19.6 Å². The van der Waals surface area contributed by atoms with E-state index in [-0.39, 0.29) is 16.6 Å². The fourth-order valence-corrected chi connectivity index (χ4v) is 5.19. The van der Waals surface area contributed by atoms with Crippen molar-refractivity contribution < 1.29 is 27.7 Å². The minimum Gasteiger partial charge on any atom is -0.387 e. The molecule has 1 N–H and O–H groups in total. The van der Waals surface area contributed by atoms with Crippen molar-refractivity contribution in [3.63, 3.8) is 0 Å². The van der Waals surface area contributed by atoms with Gasteiger partial charge in [-0.1, -0.05) is 0 Å². The molecule has 7 heteroatoms. The maximum atomic E-state index is 13.0. The molecule has 1 aliphatic heterocycles. The van der Waals surface area contributed by atoms with Gasteiger partial charge in [-0.3, -0.25) is 0 Å². The largest absolute Gasteiger partial charge is 0.387 e. The number of fused-ring (bicyclic) bond motifs is 2. The van der Waals surface area contributed by atoms with E-state index in [1.165, 1.54) is 12.1 Å². The van der Waals surface area contributed by atoms with Crippen molar-refractivity contribution in [1.82, 2.24) is 0 Å². The fourth-order valence-electron chi connectivity index (χ4n) is 3.44. The first-order valence-electron chi connectivity index (χ1n) is 7.68. The number of halogens is 1. The van der Waals surface area contributed by atoms with Crippen molar-refractivity contribution in [2.24, 2.45) is 5.92 Å². The molecule has 3 unspecified atom stereocenters. The van der Waals surface area contributed by atoms with Gasteiger partial charge in [0.1, 0.15) is 17.5 Å². The summed E-state index contributed by atoms with van der Waals surface area (Å²) in [6, 6.07) is 4.76. The normalized spacial score (nSPS) is 37.6. The fraction of sp³-hybridized carbons (Fsp3) is 0.625. The van der Waals surface area contributed by atoms with E-state index in [0.717, 1.165) is 12.1 Å². The average Bonchev–Trinajstić information content (AvgIpc) is 2.45. The van der Waals surface area contributed by atoms with Crippen LogP contribution in [0.1, 0.15) is 33.1 Å². The highest BCUT2D eigenvalue weighted by atomic mass is 32.2. The molecular weight excluding hydrogens is 323 g/mol. The Kier molecular flexibility index (Phi) is 4.03.